The lowest BCUT2D eigenvalue weighted by atomic mass is 9.86. The second-order valence-electron chi connectivity index (χ2n) is 8.35. The Kier molecular flexibility index (Phi) is 6.32. The minimum absolute atomic E-state index is 0.0915. The van der Waals surface area contributed by atoms with E-state index in [1.165, 1.54) is 23.2 Å². The highest BCUT2D eigenvalue weighted by Gasteiger charge is 2.32. The van der Waals surface area contributed by atoms with Crippen LogP contribution in [0, 0.1) is 11.3 Å². The van der Waals surface area contributed by atoms with Crippen LogP contribution in [0.1, 0.15) is 65.3 Å². The maximum absolute atomic E-state index is 12.8. The van der Waals surface area contributed by atoms with Gasteiger partial charge < -0.3 is 4.90 Å². The zero-order valence-corrected chi connectivity index (χ0v) is 17.9. The van der Waals surface area contributed by atoms with Crippen molar-refractivity contribution in [1.82, 2.24) is 4.90 Å². The van der Waals surface area contributed by atoms with E-state index in [1.54, 1.807) is 0 Å². The molecule has 156 valence electrons. The van der Waals surface area contributed by atoms with Crippen LogP contribution in [0.25, 0.3) is 0 Å². The number of benzene rings is 1. The molecule has 1 aromatic heterocycles. The van der Waals surface area contributed by atoms with Gasteiger partial charge >= 0.3 is 0 Å². The second-order valence-corrected chi connectivity index (χ2v) is 8.35. The number of aromatic amines is 1. The minimum Gasteiger partial charge on any atom is -0.331 e. The molecule has 1 aliphatic heterocycles. The lowest BCUT2D eigenvalue weighted by Crippen LogP contribution is -2.50. The molecule has 30 heavy (non-hydrogen) atoms. The maximum Gasteiger partial charge on any atom is 0.293 e. The van der Waals surface area contributed by atoms with Crippen molar-refractivity contribution in [1.29, 1.82) is 5.26 Å². The van der Waals surface area contributed by atoms with Crippen molar-refractivity contribution >= 4 is 11.7 Å². The third kappa shape index (κ3) is 4.05. The number of nitrogens with one attached hydrogen (secondary N) is 1. The van der Waals surface area contributed by atoms with E-state index in [2.05, 4.69) is 22.9 Å². The molecular weight excluding hydrogens is 372 g/mol. The summed E-state index contributed by atoms with van der Waals surface area (Å²) in [6.07, 6.45) is 7.84. The largest absolute Gasteiger partial charge is 0.331 e. The topological polar surface area (TPSA) is 61.5 Å². The van der Waals surface area contributed by atoms with Gasteiger partial charge in [0.2, 0.25) is 0 Å². The Morgan fingerprint density at radius 3 is 2.43 bits per heavy atom. The summed E-state index contributed by atoms with van der Waals surface area (Å²) in [4.78, 5) is 20.6. The number of carbonyl (C=O) groups is 1. The van der Waals surface area contributed by atoms with Crippen molar-refractivity contribution in [2.45, 2.75) is 51.9 Å². The Hall–Kier alpha value is -2.87. The summed E-state index contributed by atoms with van der Waals surface area (Å²) in [6.45, 7) is 5.06. The number of rotatable bonds is 5. The van der Waals surface area contributed by atoms with Gasteiger partial charge in [0.1, 0.15) is 30.4 Å². The molecular formula is C25H31N4O+. The van der Waals surface area contributed by atoms with E-state index in [-0.39, 0.29) is 5.91 Å². The number of aromatic nitrogens is 1. The van der Waals surface area contributed by atoms with Crippen molar-refractivity contribution in [3.05, 3.63) is 58.3 Å². The summed E-state index contributed by atoms with van der Waals surface area (Å²) in [7, 11) is 0. The van der Waals surface area contributed by atoms with Crippen LogP contribution in [0.4, 0.5) is 5.82 Å². The number of carbonyl (C=O) groups excluding carboxylic acids is 1. The molecule has 2 aliphatic rings. The number of amides is 1. The highest BCUT2D eigenvalue weighted by atomic mass is 16.2. The van der Waals surface area contributed by atoms with Gasteiger partial charge in [-0.2, -0.15) is 5.26 Å². The van der Waals surface area contributed by atoms with Gasteiger partial charge in [-0.3, -0.25) is 9.69 Å². The van der Waals surface area contributed by atoms with Crippen LogP contribution in [0.5, 0.6) is 0 Å². The molecule has 1 saturated heterocycles. The highest BCUT2D eigenvalue weighted by Crippen LogP contribution is 2.31. The van der Waals surface area contributed by atoms with Crippen LogP contribution in [0.3, 0.4) is 0 Å². The van der Waals surface area contributed by atoms with Gasteiger partial charge in [-0.05, 0) is 55.4 Å². The fraction of sp³-hybridized carbons (Fsp3) is 0.480. The molecule has 0 atom stereocenters. The Morgan fingerprint density at radius 1 is 1.07 bits per heavy atom. The maximum atomic E-state index is 12.8. The lowest BCUT2D eigenvalue weighted by molar-refractivity contribution is -0.378. The standard InChI is InChI=1S/C25H30N4O/c1-2-3-13-23-21-12-8-7-11-20(21)22(18-26)24(27-23)28-14-16-29(17-15-28)25(30)19-9-5-4-6-10-19/h4-6,9-10H,2-3,7-8,11-17H2,1H3/p+1. The Labute approximate surface area is 179 Å². The van der Waals surface area contributed by atoms with Gasteiger partial charge in [0, 0.05) is 12.0 Å². The molecule has 1 aliphatic carbocycles. The fourth-order valence-electron chi connectivity index (χ4n) is 4.76. The molecule has 0 saturated carbocycles. The Bertz CT molecular complexity index is 940. The van der Waals surface area contributed by atoms with Crippen LogP contribution >= 0.6 is 0 Å². The van der Waals surface area contributed by atoms with E-state index in [4.69, 9.17) is 0 Å². The first-order valence-corrected chi connectivity index (χ1v) is 11.3. The first-order valence-electron chi connectivity index (χ1n) is 11.3. The predicted molar refractivity (Wildman–Crippen MR) is 118 cm³/mol. The molecule has 2 aromatic rings. The molecule has 1 amide bonds. The van der Waals surface area contributed by atoms with Gasteiger partial charge in [0.25, 0.3) is 11.7 Å². The predicted octanol–water partition coefficient (Wildman–Crippen LogP) is 3.56. The van der Waals surface area contributed by atoms with E-state index in [9.17, 15) is 10.1 Å². The number of anilines is 1. The average molecular weight is 404 g/mol. The first-order chi connectivity index (χ1) is 14.7. The second kappa shape index (κ2) is 9.30. The quantitative estimate of drug-likeness (QED) is 0.767. The van der Waals surface area contributed by atoms with Crippen molar-refractivity contribution in [3.8, 4) is 6.07 Å². The number of fused-ring (bicyclic) bond motifs is 1. The van der Waals surface area contributed by atoms with Crippen molar-refractivity contribution in [3.63, 3.8) is 0 Å². The molecule has 0 unspecified atom stereocenters. The van der Waals surface area contributed by atoms with Gasteiger partial charge in [-0.15, -0.1) is 0 Å². The van der Waals surface area contributed by atoms with Crippen molar-refractivity contribution in [2.75, 3.05) is 31.1 Å². The van der Waals surface area contributed by atoms with E-state index in [0.29, 0.717) is 13.1 Å². The van der Waals surface area contributed by atoms with Crippen LogP contribution in [-0.4, -0.2) is 37.0 Å². The van der Waals surface area contributed by atoms with E-state index < -0.39 is 0 Å². The Morgan fingerprint density at radius 2 is 1.77 bits per heavy atom. The third-order valence-electron chi connectivity index (χ3n) is 6.44. The van der Waals surface area contributed by atoms with Crippen LogP contribution in [0.15, 0.2) is 30.3 Å². The van der Waals surface area contributed by atoms with Gasteiger partial charge in [0.15, 0.2) is 0 Å². The molecule has 1 aromatic carbocycles. The zero-order valence-electron chi connectivity index (χ0n) is 17.9. The zero-order chi connectivity index (χ0) is 20.9. The molecule has 0 spiro atoms. The smallest absolute Gasteiger partial charge is 0.293 e. The molecule has 0 radical (unpaired) electrons. The minimum atomic E-state index is 0.0915. The van der Waals surface area contributed by atoms with Crippen molar-refractivity contribution < 1.29 is 9.78 Å². The summed E-state index contributed by atoms with van der Waals surface area (Å²) in [5.74, 6) is 1.06. The average Bonchev–Trinajstić information content (AvgIpc) is 2.82. The first kappa shape index (κ1) is 20.4. The molecule has 1 fully saturated rings. The number of unbranched alkanes of at least 4 members (excludes halogenated alkanes) is 1. The monoisotopic (exact) mass is 403 g/mol. The van der Waals surface area contributed by atoms with Crippen molar-refractivity contribution in [2.24, 2.45) is 0 Å². The summed E-state index contributed by atoms with van der Waals surface area (Å²) in [5.41, 5.74) is 5.56. The highest BCUT2D eigenvalue weighted by molar-refractivity contribution is 5.94. The molecule has 5 heteroatoms. The summed E-state index contributed by atoms with van der Waals surface area (Å²) < 4.78 is 0. The molecule has 4 rings (SSSR count). The third-order valence-corrected chi connectivity index (χ3v) is 6.44. The van der Waals surface area contributed by atoms with Crippen LogP contribution in [-0.2, 0) is 19.3 Å². The normalized spacial score (nSPS) is 16.1. The number of nitrogens with zero attached hydrogens (tertiary/aromatic N) is 3. The summed E-state index contributed by atoms with van der Waals surface area (Å²) >= 11 is 0. The molecule has 0 bridgehead atoms. The SMILES string of the molecule is CCCCc1[nH+]c(N2CCN(C(=O)c3ccccc3)CC2)c(C#N)c2c1CCCC2. The summed E-state index contributed by atoms with van der Waals surface area (Å²) in [6, 6.07) is 12.0. The molecule has 1 N–H and O–H groups in total. The van der Waals surface area contributed by atoms with E-state index in [0.717, 1.165) is 68.6 Å². The van der Waals surface area contributed by atoms with Gasteiger partial charge in [0.05, 0.1) is 13.1 Å². The van der Waals surface area contributed by atoms with Crippen LogP contribution in [0.2, 0.25) is 0 Å². The number of hydrogen-bond donors (Lipinski definition) is 0. The number of pyridine rings is 1. The molecule has 2 heterocycles. The Balaban J connectivity index is 1.57. The number of nitriles is 1. The summed E-state index contributed by atoms with van der Waals surface area (Å²) in [5, 5.41) is 10.00. The number of H-pyrrole nitrogens is 1. The number of piperazine rings is 1. The van der Waals surface area contributed by atoms with Gasteiger partial charge in [-0.1, -0.05) is 31.5 Å². The fourth-order valence-corrected chi connectivity index (χ4v) is 4.76. The molecule has 5 nitrogen and oxygen atoms in total. The lowest BCUT2D eigenvalue weighted by Gasteiger charge is -2.32. The number of aryl methyl sites for hydroxylation is 1. The van der Waals surface area contributed by atoms with E-state index >= 15 is 0 Å². The van der Waals surface area contributed by atoms with Crippen LogP contribution < -0.4 is 9.88 Å². The van der Waals surface area contributed by atoms with Gasteiger partial charge in [-0.25, -0.2) is 4.98 Å². The van der Waals surface area contributed by atoms with E-state index in [1.807, 2.05) is 35.2 Å². The number of hydrogen-bond acceptors (Lipinski definition) is 3.